The molecule has 0 bridgehead atoms. The van der Waals surface area contributed by atoms with E-state index in [-0.39, 0.29) is 18.8 Å². The Balaban J connectivity index is 2.65. The van der Waals surface area contributed by atoms with E-state index < -0.39 is 35.9 Å². The monoisotopic (exact) mass is 295 g/mol. The lowest BCUT2D eigenvalue weighted by atomic mass is 9.80. The van der Waals surface area contributed by atoms with Gasteiger partial charge in [-0.15, -0.1) is 0 Å². The van der Waals surface area contributed by atoms with E-state index in [2.05, 4.69) is 5.32 Å². The number of halogens is 3. The van der Waals surface area contributed by atoms with Crippen LogP contribution in [-0.4, -0.2) is 29.2 Å². The first-order valence-electron chi connectivity index (χ1n) is 6.72. The fourth-order valence-electron chi connectivity index (χ4n) is 2.51. The van der Waals surface area contributed by atoms with Crippen molar-refractivity contribution >= 4 is 11.9 Å². The third-order valence-corrected chi connectivity index (χ3v) is 3.74. The van der Waals surface area contributed by atoms with E-state index in [9.17, 15) is 22.8 Å². The summed E-state index contributed by atoms with van der Waals surface area (Å²) in [4.78, 5) is 22.9. The average Bonchev–Trinajstić information content (AvgIpc) is 2.34. The molecular weight excluding hydrogens is 275 g/mol. The molecule has 2 unspecified atom stereocenters. The topological polar surface area (TPSA) is 66.4 Å². The first-order valence-corrected chi connectivity index (χ1v) is 6.72. The minimum Gasteiger partial charge on any atom is -0.480 e. The van der Waals surface area contributed by atoms with Crippen molar-refractivity contribution in [2.45, 2.75) is 51.7 Å². The lowest BCUT2D eigenvalue weighted by Gasteiger charge is -2.30. The molecule has 4 nitrogen and oxygen atoms in total. The zero-order chi connectivity index (χ0) is 15.5. The summed E-state index contributed by atoms with van der Waals surface area (Å²) >= 11 is 0. The molecule has 0 aromatic rings. The second-order valence-corrected chi connectivity index (χ2v) is 5.67. The van der Waals surface area contributed by atoms with Gasteiger partial charge in [0.05, 0.1) is 5.92 Å². The molecule has 116 valence electrons. The Kier molecular flexibility index (Phi) is 5.42. The van der Waals surface area contributed by atoms with E-state index in [1.165, 1.54) is 0 Å². The highest BCUT2D eigenvalue weighted by molar-refractivity contribution is 5.85. The molecule has 0 saturated heterocycles. The normalized spacial score (nSPS) is 25.3. The summed E-state index contributed by atoms with van der Waals surface area (Å²) in [7, 11) is 0. The average molecular weight is 295 g/mol. The van der Waals surface area contributed by atoms with Crippen LogP contribution < -0.4 is 5.32 Å². The third-order valence-electron chi connectivity index (χ3n) is 3.74. The van der Waals surface area contributed by atoms with Gasteiger partial charge in [0, 0.05) is 5.92 Å². The molecule has 1 saturated carbocycles. The number of carbonyl (C=O) groups excluding carboxylic acids is 1. The maximum Gasteiger partial charge on any atom is 0.391 e. The molecular formula is C13H20F3NO3. The smallest absolute Gasteiger partial charge is 0.391 e. The number of carboxylic acid groups (broad SMARTS) is 1. The summed E-state index contributed by atoms with van der Waals surface area (Å²) in [5.41, 5.74) is 0. The van der Waals surface area contributed by atoms with Gasteiger partial charge in [-0.3, -0.25) is 4.79 Å². The highest BCUT2D eigenvalue weighted by atomic mass is 19.4. The Bertz CT molecular complexity index is 368. The molecule has 7 heteroatoms. The molecule has 20 heavy (non-hydrogen) atoms. The number of alkyl halides is 3. The number of hydrogen-bond acceptors (Lipinski definition) is 2. The van der Waals surface area contributed by atoms with Crippen molar-refractivity contribution in [3.05, 3.63) is 0 Å². The number of amides is 1. The summed E-state index contributed by atoms with van der Waals surface area (Å²) in [6.07, 6.45) is -3.78. The zero-order valence-corrected chi connectivity index (χ0v) is 11.5. The fraction of sp³-hybridized carbons (Fsp3) is 0.846. The predicted octanol–water partition coefficient (Wildman–Crippen LogP) is 2.58. The standard InChI is InChI=1S/C13H20F3NO3/c1-7(2)10(12(19)20)17-11(18)8-4-3-5-9(6-8)13(14,15)16/h7-10H,3-6H2,1-2H3,(H,17,18)(H,19,20)/t8?,9?,10-/m0/s1. The van der Waals surface area contributed by atoms with Crippen LogP contribution >= 0.6 is 0 Å². The molecule has 0 aromatic carbocycles. The van der Waals surface area contributed by atoms with Crippen LogP contribution in [0.1, 0.15) is 39.5 Å². The maximum atomic E-state index is 12.7. The van der Waals surface area contributed by atoms with Crippen LogP contribution in [0.3, 0.4) is 0 Å². The van der Waals surface area contributed by atoms with Crippen molar-refractivity contribution in [1.82, 2.24) is 5.32 Å². The molecule has 1 aliphatic rings. The molecule has 3 atom stereocenters. The molecule has 1 amide bonds. The van der Waals surface area contributed by atoms with E-state index in [0.29, 0.717) is 12.8 Å². The van der Waals surface area contributed by atoms with Gasteiger partial charge in [0.15, 0.2) is 0 Å². The Morgan fingerprint density at radius 1 is 1.25 bits per heavy atom. The third kappa shape index (κ3) is 4.38. The van der Waals surface area contributed by atoms with Gasteiger partial charge in [-0.1, -0.05) is 20.3 Å². The highest BCUT2D eigenvalue weighted by Crippen LogP contribution is 2.39. The summed E-state index contributed by atoms with van der Waals surface area (Å²) in [6, 6.07) is -1.06. The molecule has 1 aliphatic carbocycles. The van der Waals surface area contributed by atoms with Crippen LogP contribution in [0.25, 0.3) is 0 Å². The van der Waals surface area contributed by atoms with E-state index in [4.69, 9.17) is 5.11 Å². The molecule has 0 aliphatic heterocycles. The summed E-state index contributed by atoms with van der Waals surface area (Å²) < 4.78 is 38.0. The van der Waals surface area contributed by atoms with Crippen molar-refractivity contribution in [3.63, 3.8) is 0 Å². The quantitative estimate of drug-likeness (QED) is 0.837. The maximum absolute atomic E-state index is 12.7. The molecule has 0 aromatic heterocycles. The lowest BCUT2D eigenvalue weighted by Crippen LogP contribution is -2.47. The summed E-state index contributed by atoms with van der Waals surface area (Å²) in [5, 5.41) is 11.3. The summed E-state index contributed by atoms with van der Waals surface area (Å²) in [6.45, 7) is 3.27. The molecule has 0 radical (unpaired) electrons. The minimum atomic E-state index is -4.29. The van der Waals surface area contributed by atoms with Gasteiger partial charge in [0.25, 0.3) is 0 Å². The second-order valence-electron chi connectivity index (χ2n) is 5.67. The second kappa shape index (κ2) is 6.45. The van der Waals surface area contributed by atoms with E-state index >= 15 is 0 Å². The molecule has 0 spiro atoms. The fourth-order valence-corrected chi connectivity index (χ4v) is 2.51. The first kappa shape index (κ1) is 16.8. The van der Waals surface area contributed by atoms with Crippen LogP contribution in [0.2, 0.25) is 0 Å². The summed E-state index contributed by atoms with van der Waals surface area (Å²) in [5.74, 6) is -4.29. The first-order chi connectivity index (χ1) is 9.12. The Morgan fingerprint density at radius 3 is 2.30 bits per heavy atom. The Morgan fingerprint density at radius 2 is 1.85 bits per heavy atom. The Labute approximate surface area is 115 Å². The van der Waals surface area contributed by atoms with Crippen LogP contribution in [0.5, 0.6) is 0 Å². The zero-order valence-electron chi connectivity index (χ0n) is 11.5. The van der Waals surface area contributed by atoms with Gasteiger partial charge in [0.1, 0.15) is 6.04 Å². The van der Waals surface area contributed by atoms with Crippen molar-refractivity contribution < 1.29 is 27.9 Å². The molecule has 1 fully saturated rings. The van der Waals surface area contributed by atoms with E-state index in [0.717, 1.165) is 0 Å². The predicted molar refractivity (Wildman–Crippen MR) is 65.9 cm³/mol. The van der Waals surface area contributed by atoms with Gasteiger partial charge in [-0.05, 0) is 25.2 Å². The van der Waals surface area contributed by atoms with Crippen LogP contribution in [0.15, 0.2) is 0 Å². The van der Waals surface area contributed by atoms with Crippen molar-refractivity contribution in [3.8, 4) is 0 Å². The van der Waals surface area contributed by atoms with E-state index in [1.807, 2.05) is 0 Å². The number of hydrogen-bond donors (Lipinski definition) is 2. The van der Waals surface area contributed by atoms with E-state index in [1.54, 1.807) is 13.8 Å². The number of nitrogens with one attached hydrogen (secondary N) is 1. The minimum absolute atomic E-state index is 0.0415. The molecule has 0 heterocycles. The lowest BCUT2D eigenvalue weighted by molar-refractivity contribution is -0.186. The van der Waals surface area contributed by atoms with Gasteiger partial charge < -0.3 is 10.4 Å². The number of aliphatic carboxylic acids is 1. The number of carboxylic acids is 1. The SMILES string of the molecule is CC(C)[C@H](NC(=O)C1CCCC(C(F)(F)F)C1)C(=O)O. The molecule has 1 rings (SSSR count). The van der Waals surface area contributed by atoms with Crippen molar-refractivity contribution in [1.29, 1.82) is 0 Å². The largest absolute Gasteiger partial charge is 0.480 e. The van der Waals surface area contributed by atoms with Crippen LogP contribution in [0.4, 0.5) is 13.2 Å². The molecule has 2 N–H and O–H groups in total. The van der Waals surface area contributed by atoms with Gasteiger partial charge in [0.2, 0.25) is 5.91 Å². The van der Waals surface area contributed by atoms with Gasteiger partial charge >= 0.3 is 12.1 Å². The van der Waals surface area contributed by atoms with Gasteiger partial charge in [-0.25, -0.2) is 4.79 Å². The van der Waals surface area contributed by atoms with Crippen LogP contribution in [-0.2, 0) is 9.59 Å². The highest BCUT2D eigenvalue weighted by Gasteiger charge is 2.44. The van der Waals surface area contributed by atoms with Crippen LogP contribution in [0, 0.1) is 17.8 Å². The van der Waals surface area contributed by atoms with Crippen molar-refractivity contribution in [2.24, 2.45) is 17.8 Å². The van der Waals surface area contributed by atoms with Gasteiger partial charge in [-0.2, -0.15) is 13.2 Å². The van der Waals surface area contributed by atoms with Crippen molar-refractivity contribution in [2.75, 3.05) is 0 Å². The number of rotatable bonds is 4. The number of carbonyl (C=O) groups is 2. The Hall–Kier alpha value is -1.27.